The maximum Gasteiger partial charge on any atom is 0.226 e. The molecule has 122 valence electrons. The van der Waals surface area contributed by atoms with Crippen LogP contribution in [0, 0.1) is 5.92 Å². The van der Waals surface area contributed by atoms with Gasteiger partial charge in [-0.3, -0.25) is 4.79 Å². The molecule has 0 bridgehead atoms. The minimum Gasteiger partial charge on any atom is -0.396 e. The van der Waals surface area contributed by atoms with Gasteiger partial charge in [0.25, 0.3) is 0 Å². The van der Waals surface area contributed by atoms with E-state index in [4.69, 9.17) is 5.11 Å². The van der Waals surface area contributed by atoms with Crippen LogP contribution in [0.2, 0.25) is 0 Å². The van der Waals surface area contributed by atoms with Crippen LogP contribution in [0.1, 0.15) is 44.6 Å². The van der Waals surface area contributed by atoms with Gasteiger partial charge in [-0.1, -0.05) is 26.0 Å². The van der Waals surface area contributed by atoms with Crippen molar-refractivity contribution in [3.8, 4) is 0 Å². The molecule has 22 heavy (non-hydrogen) atoms. The van der Waals surface area contributed by atoms with Gasteiger partial charge in [0.1, 0.15) is 0 Å². The van der Waals surface area contributed by atoms with Gasteiger partial charge >= 0.3 is 0 Å². The zero-order valence-electron chi connectivity index (χ0n) is 13.7. The third-order valence-electron chi connectivity index (χ3n) is 4.37. The molecule has 1 aromatic rings. The molecule has 4 nitrogen and oxygen atoms in total. The van der Waals surface area contributed by atoms with E-state index < -0.39 is 0 Å². The summed E-state index contributed by atoms with van der Waals surface area (Å²) >= 11 is 0. The predicted molar refractivity (Wildman–Crippen MR) is 90.0 cm³/mol. The summed E-state index contributed by atoms with van der Waals surface area (Å²) in [5, 5.41) is 11.9. The van der Waals surface area contributed by atoms with Gasteiger partial charge in [-0.25, -0.2) is 0 Å². The van der Waals surface area contributed by atoms with Gasteiger partial charge in [0.05, 0.1) is 0 Å². The van der Waals surface area contributed by atoms with E-state index in [-0.39, 0.29) is 18.4 Å². The van der Waals surface area contributed by atoms with Crippen LogP contribution in [0.4, 0.5) is 5.69 Å². The second-order valence-electron chi connectivity index (χ2n) is 6.46. The molecule has 0 saturated carbocycles. The molecular weight excluding hydrogens is 276 g/mol. The standard InChI is InChI=1S/C18H28N2O2/c1-14(2)18(22)19-17-6-3-5-16(13-17)15-7-10-20(11-8-15)9-4-12-21/h3,5-6,13-15,21H,4,7-12H2,1-2H3,(H,19,22). The van der Waals surface area contributed by atoms with Gasteiger partial charge in [0, 0.05) is 24.8 Å². The minimum atomic E-state index is -0.00146. The summed E-state index contributed by atoms with van der Waals surface area (Å²) in [7, 11) is 0. The number of carbonyl (C=O) groups excluding carboxylic acids is 1. The molecule has 1 amide bonds. The number of hydrogen-bond acceptors (Lipinski definition) is 3. The molecule has 0 radical (unpaired) electrons. The number of benzene rings is 1. The predicted octanol–water partition coefficient (Wildman–Crippen LogP) is 2.84. The van der Waals surface area contributed by atoms with Crippen LogP contribution in [-0.2, 0) is 4.79 Å². The van der Waals surface area contributed by atoms with Crippen LogP contribution >= 0.6 is 0 Å². The number of rotatable bonds is 6. The normalized spacial score (nSPS) is 16.9. The van der Waals surface area contributed by atoms with Crippen molar-refractivity contribution in [1.29, 1.82) is 0 Å². The largest absolute Gasteiger partial charge is 0.396 e. The molecule has 1 fully saturated rings. The lowest BCUT2D eigenvalue weighted by atomic mass is 9.89. The fourth-order valence-corrected chi connectivity index (χ4v) is 2.94. The van der Waals surface area contributed by atoms with Gasteiger partial charge in [0.2, 0.25) is 5.91 Å². The molecule has 1 saturated heterocycles. The molecule has 0 aromatic heterocycles. The zero-order valence-corrected chi connectivity index (χ0v) is 13.7. The van der Waals surface area contributed by atoms with E-state index in [1.807, 2.05) is 26.0 Å². The third kappa shape index (κ3) is 4.82. The van der Waals surface area contributed by atoms with E-state index in [2.05, 4.69) is 22.3 Å². The number of nitrogens with zero attached hydrogens (tertiary/aromatic N) is 1. The Labute approximate surface area is 133 Å². The first kappa shape index (κ1) is 17.0. The topological polar surface area (TPSA) is 52.6 Å². The van der Waals surface area contributed by atoms with E-state index >= 15 is 0 Å². The van der Waals surface area contributed by atoms with Crippen molar-refractivity contribution in [2.75, 3.05) is 31.6 Å². The Kier molecular flexibility index (Phi) is 6.40. The van der Waals surface area contributed by atoms with Crippen molar-refractivity contribution in [3.63, 3.8) is 0 Å². The molecule has 1 aromatic carbocycles. The van der Waals surface area contributed by atoms with Crippen molar-refractivity contribution in [1.82, 2.24) is 4.90 Å². The summed E-state index contributed by atoms with van der Waals surface area (Å²) in [6, 6.07) is 8.27. The Morgan fingerprint density at radius 1 is 1.36 bits per heavy atom. The monoisotopic (exact) mass is 304 g/mol. The summed E-state index contributed by atoms with van der Waals surface area (Å²) in [6.45, 7) is 7.26. The van der Waals surface area contributed by atoms with Crippen molar-refractivity contribution in [2.45, 2.75) is 39.0 Å². The summed E-state index contributed by atoms with van der Waals surface area (Å²) in [5.74, 6) is 0.635. The Morgan fingerprint density at radius 2 is 2.09 bits per heavy atom. The fraction of sp³-hybridized carbons (Fsp3) is 0.611. The van der Waals surface area contributed by atoms with Crippen molar-refractivity contribution < 1.29 is 9.90 Å². The number of anilines is 1. The third-order valence-corrected chi connectivity index (χ3v) is 4.37. The maximum absolute atomic E-state index is 11.8. The number of piperidine rings is 1. The lowest BCUT2D eigenvalue weighted by Crippen LogP contribution is -2.34. The van der Waals surface area contributed by atoms with Gasteiger partial charge in [-0.2, -0.15) is 0 Å². The van der Waals surface area contributed by atoms with Gasteiger partial charge in [-0.15, -0.1) is 0 Å². The van der Waals surface area contributed by atoms with Crippen LogP contribution in [0.25, 0.3) is 0 Å². The van der Waals surface area contributed by atoms with E-state index in [0.717, 1.165) is 44.6 Å². The lowest BCUT2D eigenvalue weighted by Gasteiger charge is -2.32. The van der Waals surface area contributed by atoms with E-state index in [9.17, 15) is 4.79 Å². The molecular formula is C18H28N2O2. The number of aliphatic hydroxyl groups is 1. The maximum atomic E-state index is 11.8. The van der Waals surface area contributed by atoms with E-state index in [0.29, 0.717) is 5.92 Å². The number of nitrogens with one attached hydrogen (secondary N) is 1. The first-order valence-corrected chi connectivity index (χ1v) is 8.34. The number of likely N-dealkylation sites (tertiary alicyclic amines) is 1. The van der Waals surface area contributed by atoms with Crippen LogP contribution in [-0.4, -0.2) is 42.2 Å². The molecule has 2 rings (SSSR count). The Hall–Kier alpha value is -1.39. The number of carbonyl (C=O) groups is 1. The van der Waals surface area contributed by atoms with Crippen molar-refractivity contribution in [2.24, 2.45) is 5.92 Å². The number of amides is 1. The molecule has 0 spiro atoms. The molecule has 4 heteroatoms. The number of hydrogen-bond donors (Lipinski definition) is 2. The molecule has 2 N–H and O–H groups in total. The average Bonchev–Trinajstić information content (AvgIpc) is 2.53. The molecule has 1 heterocycles. The zero-order chi connectivity index (χ0) is 15.9. The van der Waals surface area contributed by atoms with Gasteiger partial charge in [-0.05, 0) is 56.0 Å². The number of aliphatic hydroxyl groups excluding tert-OH is 1. The van der Waals surface area contributed by atoms with Crippen LogP contribution in [0.5, 0.6) is 0 Å². The lowest BCUT2D eigenvalue weighted by molar-refractivity contribution is -0.118. The molecule has 1 aliphatic rings. The summed E-state index contributed by atoms with van der Waals surface area (Å²) in [5.41, 5.74) is 2.22. The first-order valence-electron chi connectivity index (χ1n) is 8.34. The fourth-order valence-electron chi connectivity index (χ4n) is 2.94. The van der Waals surface area contributed by atoms with Crippen LogP contribution < -0.4 is 5.32 Å². The summed E-state index contributed by atoms with van der Waals surface area (Å²) < 4.78 is 0. The van der Waals surface area contributed by atoms with Gasteiger partial charge < -0.3 is 15.3 Å². The minimum absolute atomic E-state index is 0.00146. The highest BCUT2D eigenvalue weighted by Gasteiger charge is 2.20. The second kappa shape index (κ2) is 8.30. The van der Waals surface area contributed by atoms with E-state index in [1.165, 1.54) is 5.56 Å². The van der Waals surface area contributed by atoms with E-state index in [1.54, 1.807) is 0 Å². The molecule has 0 atom stereocenters. The van der Waals surface area contributed by atoms with Crippen LogP contribution in [0.3, 0.4) is 0 Å². The smallest absolute Gasteiger partial charge is 0.226 e. The summed E-state index contributed by atoms with van der Waals surface area (Å²) in [6.07, 6.45) is 3.15. The van der Waals surface area contributed by atoms with Crippen molar-refractivity contribution >= 4 is 11.6 Å². The van der Waals surface area contributed by atoms with Crippen molar-refractivity contribution in [3.05, 3.63) is 29.8 Å². The highest BCUT2D eigenvalue weighted by atomic mass is 16.3. The SMILES string of the molecule is CC(C)C(=O)Nc1cccc(C2CCN(CCCO)CC2)c1. The van der Waals surface area contributed by atoms with Gasteiger partial charge in [0.15, 0.2) is 0 Å². The molecule has 0 unspecified atom stereocenters. The Morgan fingerprint density at radius 3 is 2.73 bits per heavy atom. The summed E-state index contributed by atoms with van der Waals surface area (Å²) in [4.78, 5) is 14.2. The molecule has 1 aliphatic heterocycles. The Balaban J connectivity index is 1.92. The quantitative estimate of drug-likeness (QED) is 0.849. The Bertz CT molecular complexity index is 480. The van der Waals surface area contributed by atoms with Crippen LogP contribution in [0.15, 0.2) is 24.3 Å². The molecule has 0 aliphatic carbocycles. The highest BCUT2D eigenvalue weighted by molar-refractivity contribution is 5.92. The average molecular weight is 304 g/mol. The first-order chi connectivity index (χ1) is 10.6. The second-order valence-corrected chi connectivity index (χ2v) is 6.46. The highest BCUT2D eigenvalue weighted by Crippen LogP contribution is 2.29.